The van der Waals surface area contributed by atoms with Crippen LogP contribution in [0, 0.1) is 0 Å². The third-order valence-corrected chi connectivity index (χ3v) is 12.4. The number of carbonyl (C=O) groups is 1. The molecule has 0 spiro atoms. The number of hydrogen-bond acceptors (Lipinski definition) is 2. The van der Waals surface area contributed by atoms with E-state index in [1.165, 1.54) is 11.1 Å². The van der Waals surface area contributed by atoms with Gasteiger partial charge in [0.15, 0.2) is 5.75 Å². The van der Waals surface area contributed by atoms with Gasteiger partial charge in [0.25, 0.3) is 0 Å². The Balaban J connectivity index is 0.000000455. The minimum absolute atomic E-state index is 0.0498. The molecule has 0 heterocycles. The van der Waals surface area contributed by atoms with Gasteiger partial charge < -0.3 is 0 Å². The summed E-state index contributed by atoms with van der Waals surface area (Å²) in [5.74, 6) is 0.0663. The highest BCUT2D eigenvalue weighted by atomic mass is 32.2. The van der Waals surface area contributed by atoms with Crippen LogP contribution in [0.25, 0.3) is 0 Å². The first-order valence-electron chi connectivity index (χ1n) is 21.1. The van der Waals surface area contributed by atoms with E-state index in [0.717, 1.165) is 6.42 Å². The molecule has 0 N–H and O–H groups in total. The number of halogens is 24. The zero-order chi connectivity index (χ0) is 58.5. The normalized spacial score (nSPS) is 13.5. The third-order valence-electron chi connectivity index (χ3n) is 11.4. The lowest BCUT2D eigenvalue weighted by Gasteiger charge is -2.46. The maximum atomic E-state index is 14.2. The Labute approximate surface area is 420 Å². The van der Waals surface area contributed by atoms with E-state index in [9.17, 15) is 114 Å². The predicted octanol–water partition coefficient (Wildman–Crippen LogP) is 14.4. The van der Waals surface area contributed by atoms with E-state index in [0.29, 0.717) is 5.56 Å². The Kier molecular flexibility index (Phi) is 16.8. The second-order valence-electron chi connectivity index (χ2n) is 17.6. The van der Waals surface area contributed by atoms with Gasteiger partial charge >= 0.3 is 49.4 Å². The summed E-state index contributed by atoms with van der Waals surface area (Å²) in [7, 11) is -2.03. The van der Waals surface area contributed by atoms with Crippen molar-refractivity contribution in [2.24, 2.45) is 0 Å². The summed E-state index contributed by atoms with van der Waals surface area (Å²) >= 11 is 0. The first-order chi connectivity index (χ1) is 34.7. The molecule has 0 bridgehead atoms. The molecule has 0 saturated carbocycles. The van der Waals surface area contributed by atoms with E-state index in [1.807, 2.05) is 42.5 Å². The summed E-state index contributed by atoms with van der Waals surface area (Å²) in [5.41, 5.74) is -27.2. The smallest absolute Gasteiger partial charge is 0.289 e. The van der Waals surface area contributed by atoms with Crippen LogP contribution in [0.15, 0.2) is 127 Å². The molecule has 6 aromatic carbocycles. The quantitative estimate of drug-likeness (QED) is 0.0626. The molecule has 0 aliphatic rings. The summed E-state index contributed by atoms with van der Waals surface area (Å²) in [6, 6.07) is 8.98. The summed E-state index contributed by atoms with van der Waals surface area (Å²) in [6.07, 6.45) is -50.7. The Morgan fingerprint density at radius 1 is 0.351 bits per heavy atom. The van der Waals surface area contributed by atoms with Crippen LogP contribution in [0.5, 0.6) is 0 Å². The Bertz CT molecular complexity index is 2700. The maximum Gasteiger partial charge on any atom is 0.416 e. The average Bonchev–Trinajstić information content (AvgIpc) is 3.27. The van der Waals surface area contributed by atoms with Crippen molar-refractivity contribution in [3.8, 4) is 0 Å². The molecular weight excluding hydrogens is 1120 g/mol. The molecule has 416 valence electrons. The van der Waals surface area contributed by atoms with Gasteiger partial charge in [-0.1, -0.05) is 103 Å². The van der Waals surface area contributed by atoms with Crippen molar-refractivity contribution in [3.05, 3.63) is 189 Å². The molecule has 0 saturated heterocycles. The van der Waals surface area contributed by atoms with Gasteiger partial charge in [-0.25, -0.2) is 0 Å². The van der Waals surface area contributed by atoms with Crippen molar-refractivity contribution < 1.29 is 114 Å². The lowest BCUT2D eigenvalue weighted by Crippen LogP contribution is -2.75. The molecule has 0 aliphatic heterocycles. The molecule has 28 heteroatoms. The van der Waals surface area contributed by atoms with Crippen molar-refractivity contribution in [1.82, 2.24) is 0 Å². The van der Waals surface area contributed by atoms with Gasteiger partial charge in [0.1, 0.15) is 18.7 Å². The van der Waals surface area contributed by atoms with E-state index in [4.69, 9.17) is 0 Å². The van der Waals surface area contributed by atoms with Crippen LogP contribution in [0.4, 0.5) is 105 Å². The lowest BCUT2D eigenvalue weighted by molar-refractivity contribution is -0.144. The van der Waals surface area contributed by atoms with E-state index in [1.54, 1.807) is 12.5 Å². The van der Waals surface area contributed by atoms with Crippen molar-refractivity contribution >= 4 is 43.7 Å². The van der Waals surface area contributed by atoms with Crippen molar-refractivity contribution in [3.63, 3.8) is 0 Å². The predicted molar refractivity (Wildman–Crippen MR) is 235 cm³/mol. The van der Waals surface area contributed by atoms with Crippen LogP contribution in [-0.4, -0.2) is 30.2 Å². The van der Waals surface area contributed by atoms with E-state index in [2.05, 4.69) is 12.1 Å². The van der Waals surface area contributed by atoms with Crippen LogP contribution in [0.1, 0.15) is 66.0 Å². The molecule has 0 atom stereocenters. The molecule has 0 aromatic heterocycles. The first kappa shape index (κ1) is 61.4. The van der Waals surface area contributed by atoms with E-state index in [-0.39, 0.29) is 11.5 Å². The molecule has 0 fully saturated rings. The van der Waals surface area contributed by atoms with Gasteiger partial charge in [0, 0.05) is 5.56 Å². The minimum atomic E-state index is -6.13. The highest BCUT2D eigenvalue weighted by Gasteiger charge is 2.47. The lowest BCUT2D eigenvalue weighted by atomic mass is 9.12. The summed E-state index contributed by atoms with van der Waals surface area (Å²) in [6.45, 7) is 0. The molecule has 0 unspecified atom stereocenters. The molecule has 2 nitrogen and oxygen atoms in total. The number of hydrogen-bond donors (Lipinski definition) is 0. The van der Waals surface area contributed by atoms with Gasteiger partial charge in [-0.2, -0.15) is 127 Å². The van der Waals surface area contributed by atoms with E-state index < -0.39 is 205 Å². The topological polar surface area (TPSA) is 34.1 Å². The first-order valence-corrected chi connectivity index (χ1v) is 23.7. The van der Waals surface area contributed by atoms with Gasteiger partial charge in [0.05, 0.1) is 54.4 Å². The summed E-state index contributed by atoms with van der Waals surface area (Å²) in [4.78, 5) is 12.0. The fraction of sp³-hybridized carbons (Fsp3) is 0.245. The fourth-order valence-electron chi connectivity index (χ4n) is 8.11. The Hall–Kier alpha value is -6.48. The number of carbonyl (C=O) groups excluding carboxylic acids is 1. The Morgan fingerprint density at radius 3 is 0.779 bits per heavy atom. The van der Waals surface area contributed by atoms with Crippen LogP contribution in [-0.2, 0) is 70.0 Å². The molecule has 0 aliphatic carbocycles. The summed E-state index contributed by atoms with van der Waals surface area (Å²) in [5, 5.41) is 0. The SMILES string of the molecule is C[S+](C)(=O)CC(=O)c1ccc(Cc2ccccc2)cc1.FC(F)(F)c1cc([B-](c2cc(C(F)(F)F)cc(C(F)(F)F)c2)(c2cc(C(F)(F)F)cc(C(F)(F)F)c2)c2cc(C(F)(F)F)cc(C(F)(F)F)c2)cc(C(F)(F)F)c1. The van der Waals surface area contributed by atoms with Crippen LogP contribution >= 0.6 is 0 Å². The van der Waals surface area contributed by atoms with Gasteiger partial charge in [0.2, 0.25) is 5.78 Å². The number of rotatable bonds is 9. The molecule has 6 aromatic rings. The zero-order valence-electron chi connectivity index (χ0n) is 38.4. The van der Waals surface area contributed by atoms with Gasteiger partial charge in [-0.05, 0) is 41.8 Å². The third kappa shape index (κ3) is 15.2. The number of Topliss-reactive ketones (excluding diaryl/α,β-unsaturated/α-hetero) is 1. The number of benzene rings is 6. The number of alkyl halides is 24. The van der Waals surface area contributed by atoms with Crippen molar-refractivity contribution in [1.29, 1.82) is 0 Å². The Morgan fingerprint density at radius 2 is 0.571 bits per heavy atom. The summed E-state index contributed by atoms with van der Waals surface area (Å²) < 4.78 is 352. The molecule has 0 amide bonds. The largest absolute Gasteiger partial charge is 0.416 e. The fourth-order valence-corrected chi connectivity index (χ4v) is 8.91. The van der Waals surface area contributed by atoms with Crippen molar-refractivity contribution in [2.75, 3.05) is 18.3 Å². The van der Waals surface area contributed by atoms with Crippen LogP contribution in [0.2, 0.25) is 0 Å². The van der Waals surface area contributed by atoms with Crippen LogP contribution < -0.4 is 21.9 Å². The zero-order valence-corrected chi connectivity index (χ0v) is 39.2. The highest BCUT2D eigenvalue weighted by molar-refractivity contribution is 8.02. The van der Waals surface area contributed by atoms with Gasteiger partial charge in [-0.3, -0.25) is 4.79 Å². The maximum absolute atomic E-state index is 14.2. The average molecular weight is 1150 g/mol. The second kappa shape index (κ2) is 21.1. The van der Waals surface area contributed by atoms with E-state index >= 15 is 0 Å². The van der Waals surface area contributed by atoms with Crippen LogP contribution in [0.3, 0.4) is 0 Å². The highest BCUT2D eigenvalue weighted by Crippen LogP contribution is 2.41. The molecule has 6 rings (SSSR count). The molecule has 77 heavy (non-hydrogen) atoms. The standard InChI is InChI=1S/C32H12BF24.C17H19O2S/c34-25(35,36)13-1-14(26(37,38)39)6-21(5-13)33(22-7-15(27(40,41)42)2-16(8-22)28(43,44)45,23-9-17(29(46,47)48)3-18(10-23)30(49,50)51)24-11-19(31(52,53)54)4-20(12-24)32(55,56)57;1-20(2,19)13-17(18)16-10-8-15(9-11-16)12-14-6-4-3-5-7-14/h1-12H;3-11H,12-13H2,1-2H3/q-1;+1. The molecule has 0 radical (unpaired) electrons. The van der Waals surface area contributed by atoms with Crippen molar-refractivity contribution in [2.45, 2.75) is 55.8 Å². The second-order valence-corrected chi connectivity index (χ2v) is 20.7. The monoisotopic (exact) mass is 1150 g/mol. The number of ketones is 1. The minimum Gasteiger partial charge on any atom is -0.289 e. The molecular formula is C49H31BF24O2S. The van der Waals surface area contributed by atoms with Gasteiger partial charge in [-0.15, -0.1) is 4.21 Å².